The van der Waals surface area contributed by atoms with Gasteiger partial charge in [-0.05, 0) is 39.0 Å². The van der Waals surface area contributed by atoms with Gasteiger partial charge in [-0.15, -0.1) is 0 Å². The van der Waals surface area contributed by atoms with Crippen LogP contribution in [0.1, 0.15) is 59.8 Å². The van der Waals surface area contributed by atoms with E-state index in [1.807, 2.05) is 25.8 Å². The van der Waals surface area contributed by atoms with Crippen LogP contribution in [0.25, 0.3) is 0 Å². The van der Waals surface area contributed by atoms with E-state index in [1.54, 1.807) is 0 Å². The van der Waals surface area contributed by atoms with Gasteiger partial charge in [-0.2, -0.15) is 0 Å². The molecule has 1 saturated carbocycles. The summed E-state index contributed by atoms with van der Waals surface area (Å²) in [7, 11) is 1.91. The van der Waals surface area contributed by atoms with Crippen LogP contribution in [0.3, 0.4) is 0 Å². The standard InChI is InChI=1S/C15H30N2O/c1-12(2)10-15(8-6-7-9-15)13(18)17(5)14(3,4)11-16/h12H,6-11,16H2,1-5H3. The maximum atomic E-state index is 12.9. The van der Waals surface area contributed by atoms with Crippen molar-refractivity contribution in [2.45, 2.75) is 65.3 Å². The SMILES string of the molecule is CC(C)CC1(C(=O)N(C)C(C)(C)CN)CCCC1. The number of carbonyl (C=O) groups excluding carboxylic acids is 1. The van der Waals surface area contributed by atoms with E-state index < -0.39 is 0 Å². The lowest BCUT2D eigenvalue weighted by molar-refractivity contribution is -0.146. The maximum Gasteiger partial charge on any atom is 0.229 e. The van der Waals surface area contributed by atoms with Crippen LogP contribution < -0.4 is 5.73 Å². The highest BCUT2D eigenvalue weighted by Gasteiger charge is 2.45. The quantitative estimate of drug-likeness (QED) is 0.820. The van der Waals surface area contributed by atoms with E-state index in [-0.39, 0.29) is 11.0 Å². The van der Waals surface area contributed by atoms with Crippen molar-refractivity contribution in [3.8, 4) is 0 Å². The summed E-state index contributed by atoms with van der Waals surface area (Å²) in [5.74, 6) is 0.880. The molecule has 1 rings (SSSR count). The van der Waals surface area contributed by atoms with Gasteiger partial charge in [0.25, 0.3) is 0 Å². The number of nitrogens with two attached hydrogens (primary N) is 1. The molecule has 0 aromatic rings. The molecule has 0 spiro atoms. The van der Waals surface area contributed by atoms with Crippen LogP contribution in [0.15, 0.2) is 0 Å². The molecule has 0 saturated heterocycles. The van der Waals surface area contributed by atoms with Gasteiger partial charge in [-0.25, -0.2) is 0 Å². The average Bonchev–Trinajstić information content (AvgIpc) is 2.75. The smallest absolute Gasteiger partial charge is 0.229 e. The topological polar surface area (TPSA) is 46.3 Å². The van der Waals surface area contributed by atoms with E-state index in [2.05, 4.69) is 13.8 Å². The fourth-order valence-electron chi connectivity index (χ4n) is 3.11. The van der Waals surface area contributed by atoms with Gasteiger partial charge in [-0.3, -0.25) is 4.79 Å². The fraction of sp³-hybridized carbons (Fsp3) is 0.933. The zero-order chi connectivity index (χ0) is 14.0. The number of rotatable bonds is 5. The van der Waals surface area contributed by atoms with E-state index in [4.69, 9.17) is 5.73 Å². The Bertz CT molecular complexity index is 291. The summed E-state index contributed by atoms with van der Waals surface area (Å²) >= 11 is 0. The average molecular weight is 254 g/mol. The first-order valence-electron chi connectivity index (χ1n) is 7.23. The van der Waals surface area contributed by atoms with Crippen molar-refractivity contribution in [1.29, 1.82) is 0 Å². The van der Waals surface area contributed by atoms with Crippen LogP contribution in [-0.4, -0.2) is 29.9 Å². The molecule has 0 unspecified atom stereocenters. The monoisotopic (exact) mass is 254 g/mol. The summed E-state index contributed by atoms with van der Waals surface area (Å²) in [6, 6.07) is 0. The number of nitrogens with zero attached hydrogens (tertiary/aromatic N) is 1. The molecule has 0 atom stereocenters. The Morgan fingerprint density at radius 1 is 1.33 bits per heavy atom. The highest BCUT2D eigenvalue weighted by atomic mass is 16.2. The van der Waals surface area contributed by atoms with Crippen molar-refractivity contribution in [3.05, 3.63) is 0 Å². The Kier molecular flexibility index (Phi) is 4.82. The van der Waals surface area contributed by atoms with Gasteiger partial charge in [0, 0.05) is 24.5 Å². The third-order valence-electron chi connectivity index (χ3n) is 4.53. The first-order chi connectivity index (χ1) is 8.25. The van der Waals surface area contributed by atoms with Gasteiger partial charge in [0.05, 0.1) is 0 Å². The first kappa shape index (κ1) is 15.5. The van der Waals surface area contributed by atoms with Gasteiger partial charge in [-0.1, -0.05) is 26.7 Å². The van der Waals surface area contributed by atoms with Crippen molar-refractivity contribution in [3.63, 3.8) is 0 Å². The van der Waals surface area contributed by atoms with Gasteiger partial charge < -0.3 is 10.6 Å². The molecule has 106 valence electrons. The molecule has 1 aliphatic rings. The molecule has 18 heavy (non-hydrogen) atoms. The van der Waals surface area contributed by atoms with Crippen LogP contribution in [0.4, 0.5) is 0 Å². The van der Waals surface area contributed by atoms with Crippen molar-refractivity contribution < 1.29 is 4.79 Å². The maximum absolute atomic E-state index is 12.9. The fourth-order valence-corrected chi connectivity index (χ4v) is 3.11. The third-order valence-corrected chi connectivity index (χ3v) is 4.53. The molecule has 0 aromatic heterocycles. The Hall–Kier alpha value is -0.570. The molecule has 2 N–H and O–H groups in total. The second kappa shape index (κ2) is 5.60. The lowest BCUT2D eigenvalue weighted by Crippen LogP contribution is -2.54. The third kappa shape index (κ3) is 3.05. The molecule has 0 aromatic carbocycles. The lowest BCUT2D eigenvalue weighted by atomic mass is 9.76. The minimum Gasteiger partial charge on any atom is -0.339 e. The molecule has 0 radical (unpaired) electrons. The summed E-state index contributed by atoms with van der Waals surface area (Å²) in [5, 5.41) is 0. The lowest BCUT2D eigenvalue weighted by Gasteiger charge is -2.41. The molecule has 0 aliphatic heterocycles. The molecular weight excluding hydrogens is 224 g/mol. The van der Waals surface area contributed by atoms with Crippen molar-refractivity contribution >= 4 is 5.91 Å². The zero-order valence-electron chi connectivity index (χ0n) is 12.8. The van der Waals surface area contributed by atoms with Crippen LogP contribution in [0.2, 0.25) is 0 Å². The molecular formula is C15H30N2O. The van der Waals surface area contributed by atoms with E-state index in [1.165, 1.54) is 12.8 Å². The number of hydrogen-bond acceptors (Lipinski definition) is 2. The first-order valence-corrected chi connectivity index (χ1v) is 7.23. The minimum absolute atomic E-state index is 0.116. The predicted octanol–water partition coefficient (Wildman–Crippen LogP) is 2.79. The molecule has 1 amide bonds. The highest BCUT2D eigenvalue weighted by Crippen LogP contribution is 2.45. The molecule has 0 bridgehead atoms. The van der Waals surface area contributed by atoms with Gasteiger partial charge in [0.15, 0.2) is 0 Å². The Labute approximate surface area is 112 Å². The molecule has 1 aliphatic carbocycles. The normalized spacial score (nSPS) is 19.3. The van der Waals surface area contributed by atoms with E-state index in [9.17, 15) is 4.79 Å². The van der Waals surface area contributed by atoms with Gasteiger partial charge in [0.1, 0.15) is 0 Å². The van der Waals surface area contributed by atoms with Crippen LogP contribution in [0, 0.1) is 11.3 Å². The molecule has 0 heterocycles. The van der Waals surface area contributed by atoms with Crippen LogP contribution in [-0.2, 0) is 4.79 Å². The zero-order valence-corrected chi connectivity index (χ0v) is 12.8. The van der Waals surface area contributed by atoms with E-state index >= 15 is 0 Å². The molecule has 3 heteroatoms. The van der Waals surface area contributed by atoms with E-state index in [0.29, 0.717) is 18.4 Å². The Morgan fingerprint density at radius 2 is 1.83 bits per heavy atom. The largest absolute Gasteiger partial charge is 0.339 e. The number of likely N-dealkylation sites (N-methyl/N-ethyl adjacent to an activating group) is 1. The summed E-state index contributed by atoms with van der Waals surface area (Å²) in [6.45, 7) is 9.02. The Balaban J connectivity index is 2.90. The van der Waals surface area contributed by atoms with E-state index in [0.717, 1.165) is 19.3 Å². The van der Waals surface area contributed by atoms with Crippen molar-refractivity contribution in [2.24, 2.45) is 17.1 Å². The predicted molar refractivity (Wildman–Crippen MR) is 76.3 cm³/mol. The Morgan fingerprint density at radius 3 is 2.22 bits per heavy atom. The highest BCUT2D eigenvalue weighted by molar-refractivity contribution is 5.83. The van der Waals surface area contributed by atoms with Gasteiger partial charge in [0.2, 0.25) is 5.91 Å². The summed E-state index contributed by atoms with van der Waals surface area (Å²) in [5.41, 5.74) is 5.43. The van der Waals surface area contributed by atoms with Crippen LogP contribution in [0.5, 0.6) is 0 Å². The second-order valence-corrected chi connectivity index (χ2v) is 6.97. The van der Waals surface area contributed by atoms with Gasteiger partial charge >= 0.3 is 0 Å². The van der Waals surface area contributed by atoms with Crippen molar-refractivity contribution in [1.82, 2.24) is 4.90 Å². The summed E-state index contributed by atoms with van der Waals surface area (Å²) in [4.78, 5) is 14.8. The number of carbonyl (C=O) groups is 1. The second-order valence-electron chi connectivity index (χ2n) is 6.97. The number of hydrogen-bond donors (Lipinski definition) is 1. The number of amides is 1. The summed E-state index contributed by atoms with van der Waals surface area (Å²) in [6.07, 6.45) is 5.49. The molecule has 1 fully saturated rings. The van der Waals surface area contributed by atoms with Crippen LogP contribution >= 0.6 is 0 Å². The van der Waals surface area contributed by atoms with Crippen molar-refractivity contribution in [2.75, 3.05) is 13.6 Å². The summed E-state index contributed by atoms with van der Waals surface area (Å²) < 4.78 is 0. The minimum atomic E-state index is -0.246. The molecule has 3 nitrogen and oxygen atoms in total.